The number of nitrogens with two attached hydrogens (primary N) is 3. The molecule has 25 heteroatoms. The maximum absolute atomic E-state index is 14.5. The highest BCUT2D eigenvalue weighted by Crippen LogP contribution is 2.16. The van der Waals surface area contributed by atoms with E-state index in [1.165, 1.54) is 50.6 Å². The second kappa shape index (κ2) is 28.8. The third kappa shape index (κ3) is 19.8. The molecular weight excluding hydrogens is 963 g/mol. The van der Waals surface area contributed by atoms with Crippen LogP contribution in [0.3, 0.4) is 0 Å². The largest absolute Gasteiger partial charge is 0.508 e. The second-order valence-corrected chi connectivity index (χ2v) is 18.8. The molecule has 0 fully saturated rings. The van der Waals surface area contributed by atoms with E-state index in [1.54, 1.807) is 58.0 Å². The molecule has 0 spiro atoms. The van der Waals surface area contributed by atoms with Crippen LogP contribution in [0, 0.1) is 11.8 Å². The van der Waals surface area contributed by atoms with E-state index in [0.717, 1.165) is 0 Å². The Morgan fingerprint density at radius 2 is 1.24 bits per heavy atom. The first-order valence-electron chi connectivity index (χ1n) is 24.0. The minimum atomic E-state index is -1.71. The number of phenols is 1. The number of aromatic hydroxyl groups is 1. The summed E-state index contributed by atoms with van der Waals surface area (Å²) in [7, 11) is 0. The lowest BCUT2D eigenvalue weighted by Gasteiger charge is -2.31. The first-order valence-corrected chi connectivity index (χ1v) is 24.0. The number of carboxylic acid groups (broad SMARTS) is 2. The molecule has 3 aromatic rings. The molecule has 2 aromatic carbocycles. The van der Waals surface area contributed by atoms with Gasteiger partial charge in [-0.2, -0.15) is 0 Å². The molecule has 0 aliphatic rings. The van der Waals surface area contributed by atoms with Crippen LogP contribution >= 0.6 is 0 Å². The van der Waals surface area contributed by atoms with Gasteiger partial charge in [0.1, 0.15) is 47.5 Å². The number of aromatic nitrogens is 2. The van der Waals surface area contributed by atoms with Crippen LogP contribution < -0.4 is 54.4 Å². The van der Waals surface area contributed by atoms with Gasteiger partial charge in [-0.15, -0.1) is 0 Å². The molecule has 25 nitrogen and oxygen atoms in total. The SMILES string of the molecule is CC[C@H](C)[C@H](NC(=O)[C@H](Cc1ccc(O)cc1)NC(=O)[C@@H](NC(=O)[C@H](CCCN=C(N)N)NC(=O)[C@@H](N)CC(=O)O)C(C)C)C(=O)N[C@@H](Cc1cnc[nH]1)C(=O)NC(C)(C)C(=O)N[C@@H](Cc1ccccc1)C(=O)O. The molecule has 0 aliphatic heterocycles. The number of nitrogens with one attached hydrogen (secondary N) is 8. The van der Waals surface area contributed by atoms with Gasteiger partial charge in [0.25, 0.3) is 0 Å². The summed E-state index contributed by atoms with van der Waals surface area (Å²) in [4.78, 5) is 132. The summed E-state index contributed by atoms with van der Waals surface area (Å²) in [5, 5.41) is 47.3. The number of aliphatic imine (C=N–C) groups is 1. The van der Waals surface area contributed by atoms with Gasteiger partial charge in [-0.3, -0.25) is 43.3 Å². The number of carboxylic acids is 2. The molecule has 7 amide bonds. The van der Waals surface area contributed by atoms with Gasteiger partial charge in [0.2, 0.25) is 41.4 Å². The normalized spacial score (nSPS) is 14.5. The number of carbonyl (C=O) groups is 9. The predicted octanol–water partition coefficient (Wildman–Crippen LogP) is -1.41. The third-order valence-corrected chi connectivity index (χ3v) is 11.9. The first-order chi connectivity index (χ1) is 34.8. The lowest BCUT2D eigenvalue weighted by Crippen LogP contribution is -2.63. The van der Waals surface area contributed by atoms with Crippen molar-refractivity contribution in [1.29, 1.82) is 0 Å². The van der Waals surface area contributed by atoms with Crippen LogP contribution in [0.2, 0.25) is 0 Å². The van der Waals surface area contributed by atoms with E-state index in [2.05, 4.69) is 52.2 Å². The molecule has 17 N–H and O–H groups in total. The van der Waals surface area contributed by atoms with Crippen LogP contribution in [0.15, 0.2) is 72.1 Å². The van der Waals surface area contributed by atoms with E-state index in [1.807, 2.05) is 0 Å². The van der Waals surface area contributed by atoms with Gasteiger partial charge in [0.05, 0.1) is 18.8 Å². The van der Waals surface area contributed by atoms with Gasteiger partial charge >= 0.3 is 11.9 Å². The predicted molar refractivity (Wildman–Crippen MR) is 270 cm³/mol. The molecular formula is C49H71N13O12. The number of carbonyl (C=O) groups excluding carboxylic acids is 7. The van der Waals surface area contributed by atoms with Crippen molar-refractivity contribution in [2.75, 3.05) is 6.54 Å². The molecule has 0 bridgehead atoms. The number of nitrogens with zero attached hydrogens (tertiary/aromatic N) is 2. The molecule has 74 heavy (non-hydrogen) atoms. The fourth-order valence-corrected chi connectivity index (χ4v) is 7.34. The first kappa shape index (κ1) is 60.2. The summed E-state index contributed by atoms with van der Waals surface area (Å²) >= 11 is 0. The van der Waals surface area contributed by atoms with Crippen LogP contribution in [0.5, 0.6) is 5.75 Å². The van der Waals surface area contributed by atoms with Crippen molar-refractivity contribution in [3.05, 3.63) is 83.9 Å². The van der Waals surface area contributed by atoms with Crippen LogP contribution in [0.1, 0.15) is 84.0 Å². The highest BCUT2D eigenvalue weighted by molar-refractivity contribution is 5.98. The summed E-state index contributed by atoms with van der Waals surface area (Å²) < 4.78 is 0. The Labute approximate surface area is 428 Å². The molecule has 8 atom stereocenters. The second-order valence-electron chi connectivity index (χ2n) is 18.8. The Balaban J connectivity index is 1.91. The fourth-order valence-electron chi connectivity index (χ4n) is 7.34. The topological polar surface area (TPSA) is 418 Å². The summed E-state index contributed by atoms with van der Waals surface area (Å²) in [5.74, 6) is -10.2. The van der Waals surface area contributed by atoms with Crippen LogP contribution in [-0.2, 0) is 62.4 Å². The van der Waals surface area contributed by atoms with Crippen molar-refractivity contribution in [3.63, 3.8) is 0 Å². The van der Waals surface area contributed by atoms with Crippen molar-refractivity contribution in [1.82, 2.24) is 47.2 Å². The molecule has 0 saturated heterocycles. The van der Waals surface area contributed by atoms with Crippen molar-refractivity contribution >= 4 is 59.2 Å². The number of hydrogen-bond donors (Lipinski definition) is 14. The average molecular weight is 1030 g/mol. The number of imidazole rings is 1. The Kier molecular flexibility index (Phi) is 23.5. The minimum absolute atomic E-state index is 0.0404. The Morgan fingerprint density at radius 3 is 1.80 bits per heavy atom. The van der Waals surface area contributed by atoms with Gasteiger partial charge in [0, 0.05) is 37.7 Å². The van der Waals surface area contributed by atoms with Gasteiger partial charge in [-0.05, 0) is 61.8 Å². The Morgan fingerprint density at radius 1 is 0.689 bits per heavy atom. The molecule has 1 heterocycles. The van der Waals surface area contributed by atoms with E-state index < -0.39 is 119 Å². The summed E-state index contributed by atoms with van der Waals surface area (Å²) in [5.41, 5.74) is 16.4. The molecule has 0 saturated carbocycles. The number of aromatic amines is 1. The quantitative estimate of drug-likeness (QED) is 0.0207. The zero-order valence-corrected chi connectivity index (χ0v) is 42.3. The number of H-pyrrole nitrogens is 1. The summed E-state index contributed by atoms with van der Waals surface area (Å²) in [6, 6.07) is 4.68. The average Bonchev–Trinajstić information content (AvgIpc) is 3.85. The minimum Gasteiger partial charge on any atom is -0.508 e. The van der Waals surface area contributed by atoms with Gasteiger partial charge in [0.15, 0.2) is 5.96 Å². The lowest BCUT2D eigenvalue weighted by atomic mass is 9.96. The molecule has 0 aliphatic carbocycles. The maximum atomic E-state index is 14.5. The highest BCUT2D eigenvalue weighted by atomic mass is 16.4. The van der Waals surface area contributed by atoms with Crippen LogP contribution in [-0.4, -0.2) is 139 Å². The van der Waals surface area contributed by atoms with Crippen molar-refractivity contribution in [2.45, 2.75) is 134 Å². The summed E-state index contributed by atoms with van der Waals surface area (Å²) in [6.45, 7) is 9.45. The third-order valence-electron chi connectivity index (χ3n) is 11.9. The van der Waals surface area contributed by atoms with Crippen LogP contribution in [0.4, 0.5) is 0 Å². The zero-order valence-electron chi connectivity index (χ0n) is 42.3. The van der Waals surface area contributed by atoms with E-state index >= 15 is 0 Å². The fraction of sp³-hybridized carbons (Fsp3) is 0.490. The van der Waals surface area contributed by atoms with Crippen LogP contribution in [0.25, 0.3) is 0 Å². The number of hydrogen-bond acceptors (Lipinski definition) is 13. The number of rotatable bonds is 30. The number of phenolic OH excluding ortho intramolecular Hbond substituents is 1. The Bertz CT molecular complexity index is 2410. The van der Waals surface area contributed by atoms with E-state index in [0.29, 0.717) is 23.2 Å². The van der Waals surface area contributed by atoms with E-state index in [-0.39, 0.29) is 50.4 Å². The van der Waals surface area contributed by atoms with Crippen molar-refractivity contribution < 1.29 is 58.5 Å². The van der Waals surface area contributed by atoms with Gasteiger partial charge < -0.3 is 74.7 Å². The lowest BCUT2D eigenvalue weighted by molar-refractivity contribution is -0.143. The smallest absolute Gasteiger partial charge is 0.326 e. The van der Waals surface area contributed by atoms with Crippen molar-refractivity contribution in [2.24, 2.45) is 34.0 Å². The standard InChI is InChI=1S/C49H71N13O12/c1-7-27(4)39(45(71)58-35(22-30-24-53-25-55-30)43(69)62-49(5,6)47(74)59-36(46(72)73)21-28-12-9-8-10-13-28)61-42(68)34(20-29-15-17-31(63)18-16-29)57-44(70)38(26(2)3)60-41(67)33(14-11-19-54-48(51)52)56-40(66)32(50)23-37(64)65/h8-10,12-13,15-18,24-27,32-36,38-39,63H,7,11,14,19-23,50H2,1-6H3,(H,53,55)(H,56,66)(H,57,70)(H,58,71)(H,59,74)(H,60,67)(H,61,68)(H,62,69)(H,64,65)(H,72,73)(H4,51,52,54)/t27-,32-,33-,34-,35-,36-,38-,39-/m0/s1. The maximum Gasteiger partial charge on any atom is 0.326 e. The zero-order chi connectivity index (χ0) is 55.3. The van der Waals surface area contributed by atoms with E-state index in [4.69, 9.17) is 22.3 Å². The monoisotopic (exact) mass is 1030 g/mol. The Hall–Kier alpha value is -8.09. The number of amides is 7. The van der Waals surface area contributed by atoms with E-state index in [9.17, 15) is 53.4 Å². The summed E-state index contributed by atoms with van der Waals surface area (Å²) in [6.07, 6.45) is 2.08. The molecule has 0 unspecified atom stereocenters. The number of benzene rings is 2. The van der Waals surface area contributed by atoms with Gasteiger partial charge in [-0.1, -0.05) is 76.6 Å². The van der Waals surface area contributed by atoms with Gasteiger partial charge in [-0.25, -0.2) is 9.78 Å². The molecule has 404 valence electrons. The molecule has 3 rings (SSSR count). The molecule has 1 aromatic heterocycles. The highest BCUT2D eigenvalue weighted by Gasteiger charge is 2.38. The number of aliphatic carboxylic acids is 2. The molecule has 0 radical (unpaired) electrons. The number of guanidine groups is 1. The van der Waals surface area contributed by atoms with Crippen molar-refractivity contribution in [3.8, 4) is 5.75 Å².